The first kappa shape index (κ1) is 13.2. The first-order valence-electron chi connectivity index (χ1n) is 5.47. The van der Waals surface area contributed by atoms with Gasteiger partial charge in [-0.3, -0.25) is 14.3 Å². The van der Waals surface area contributed by atoms with E-state index in [-0.39, 0.29) is 10.7 Å². The van der Waals surface area contributed by atoms with Gasteiger partial charge in [0, 0.05) is 23.2 Å². The summed E-state index contributed by atoms with van der Waals surface area (Å²) in [5.41, 5.74) is 0.649. The lowest BCUT2D eigenvalue weighted by Crippen LogP contribution is -2.25. The van der Waals surface area contributed by atoms with Crippen LogP contribution in [0.5, 0.6) is 0 Å². The lowest BCUT2D eigenvalue weighted by molar-refractivity contribution is 0.663. The SMILES string of the molecule is CCc1nc(Cl)cc(=O)n1Cc1ccc(Br)cn1. The minimum atomic E-state index is -0.156. The van der Waals surface area contributed by atoms with E-state index in [9.17, 15) is 4.79 Å². The summed E-state index contributed by atoms with van der Waals surface area (Å²) < 4.78 is 2.49. The summed E-state index contributed by atoms with van der Waals surface area (Å²) in [4.78, 5) is 20.3. The van der Waals surface area contributed by atoms with Gasteiger partial charge in [0.15, 0.2) is 0 Å². The largest absolute Gasteiger partial charge is 0.291 e. The molecule has 0 spiro atoms. The maximum absolute atomic E-state index is 11.9. The molecule has 0 aliphatic rings. The highest BCUT2D eigenvalue weighted by Crippen LogP contribution is 2.09. The molecule has 4 nitrogen and oxygen atoms in total. The van der Waals surface area contributed by atoms with Gasteiger partial charge in [0.05, 0.1) is 12.2 Å². The molecule has 0 atom stereocenters. The van der Waals surface area contributed by atoms with Crippen molar-refractivity contribution in [3.05, 3.63) is 55.9 Å². The quantitative estimate of drug-likeness (QED) is 0.814. The molecule has 0 saturated heterocycles. The van der Waals surface area contributed by atoms with Crippen molar-refractivity contribution >= 4 is 27.5 Å². The third-order valence-electron chi connectivity index (χ3n) is 2.48. The summed E-state index contributed by atoms with van der Waals surface area (Å²) in [7, 11) is 0. The molecular weight excluding hydrogens is 318 g/mol. The Morgan fingerprint density at radius 1 is 1.44 bits per heavy atom. The molecule has 0 saturated carbocycles. The summed E-state index contributed by atoms with van der Waals surface area (Å²) in [6.45, 7) is 2.34. The predicted molar refractivity (Wildman–Crippen MR) is 73.9 cm³/mol. The molecule has 0 radical (unpaired) electrons. The Morgan fingerprint density at radius 3 is 2.83 bits per heavy atom. The summed E-state index contributed by atoms with van der Waals surface area (Å²) in [6.07, 6.45) is 2.35. The number of aromatic nitrogens is 3. The van der Waals surface area contributed by atoms with Crippen LogP contribution in [0.1, 0.15) is 18.4 Å². The molecule has 2 aromatic heterocycles. The molecule has 2 aromatic rings. The van der Waals surface area contributed by atoms with Gasteiger partial charge in [-0.15, -0.1) is 0 Å². The summed E-state index contributed by atoms with van der Waals surface area (Å²) >= 11 is 9.10. The van der Waals surface area contributed by atoms with Crippen molar-refractivity contribution in [1.82, 2.24) is 14.5 Å². The molecule has 0 aliphatic heterocycles. The van der Waals surface area contributed by atoms with Crippen LogP contribution < -0.4 is 5.56 Å². The van der Waals surface area contributed by atoms with Gasteiger partial charge < -0.3 is 0 Å². The van der Waals surface area contributed by atoms with Crippen LogP contribution in [0.25, 0.3) is 0 Å². The number of rotatable bonds is 3. The van der Waals surface area contributed by atoms with Crippen LogP contribution in [0.15, 0.2) is 33.7 Å². The van der Waals surface area contributed by atoms with Crippen LogP contribution in [0, 0.1) is 0 Å². The molecule has 0 fully saturated rings. The van der Waals surface area contributed by atoms with E-state index in [0.717, 1.165) is 10.2 Å². The molecule has 2 heterocycles. The fourth-order valence-corrected chi connectivity index (χ4v) is 2.05. The molecule has 0 aromatic carbocycles. The molecule has 2 rings (SSSR count). The van der Waals surface area contributed by atoms with Crippen LogP contribution in [0.3, 0.4) is 0 Å². The summed E-state index contributed by atoms with van der Waals surface area (Å²) in [5, 5.41) is 0.233. The molecule has 6 heteroatoms. The van der Waals surface area contributed by atoms with Gasteiger partial charge in [-0.05, 0) is 28.1 Å². The van der Waals surface area contributed by atoms with Gasteiger partial charge >= 0.3 is 0 Å². The van der Waals surface area contributed by atoms with Crippen molar-refractivity contribution in [2.75, 3.05) is 0 Å². The van der Waals surface area contributed by atoms with Crippen molar-refractivity contribution in [2.24, 2.45) is 0 Å². The Morgan fingerprint density at radius 2 is 2.22 bits per heavy atom. The van der Waals surface area contributed by atoms with E-state index in [1.807, 2.05) is 19.1 Å². The number of hydrogen-bond acceptors (Lipinski definition) is 3. The second kappa shape index (κ2) is 5.63. The van der Waals surface area contributed by atoms with Crippen LogP contribution in [-0.4, -0.2) is 14.5 Å². The number of hydrogen-bond donors (Lipinski definition) is 0. The molecular formula is C12H11BrClN3O. The molecule has 94 valence electrons. The van der Waals surface area contributed by atoms with E-state index in [4.69, 9.17) is 11.6 Å². The van der Waals surface area contributed by atoms with Crippen molar-refractivity contribution in [1.29, 1.82) is 0 Å². The van der Waals surface area contributed by atoms with Crippen LogP contribution in [-0.2, 0) is 13.0 Å². The minimum Gasteiger partial charge on any atom is -0.291 e. The molecule has 0 bridgehead atoms. The van der Waals surface area contributed by atoms with E-state index in [1.54, 1.807) is 10.8 Å². The van der Waals surface area contributed by atoms with Crippen molar-refractivity contribution in [3.63, 3.8) is 0 Å². The van der Waals surface area contributed by atoms with E-state index in [2.05, 4.69) is 25.9 Å². The Labute approximate surface area is 118 Å². The highest BCUT2D eigenvalue weighted by Gasteiger charge is 2.07. The number of aryl methyl sites for hydroxylation is 1. The standard InChI is InChI=1S/C12H11BrClN3O/c1-2-11-16-10(14)5-12(18)17(11)7-9-4-3-8(13)6-15-9/h3-6H,2,7H2,1H3. The Bertz CT molecular complexity index is 610. The van der Waals surface area contributed by atoms with Crippen molar-refractivity contribution in [3.8, 4) is 0 Å². The van der Waals surface area contributed by atoms with Crippen LogP contribution in [0.2, 0.25) is 5.15 Å². The average molecular weight is 329 g/mol. The predicted octanol–water partition coefficient (Wildman–Crippen LogP) is 2.66. The zero-order valence-corrected chi connectivity index (χ0v) is 12.1. The smallest absolute Gasteiger partial charge is 0.255 e. The first-order chi connectivity index (χ1) is 8.60. The zero-order chi connectivity index (χ0) is 13.1. The molecule has 0 aliphatic carbocycles. The normalized spacial score (nSPS) is 10.6. The maximum atomic E-state index is 11.9. The second-order valence-corrected chi connectivity index (χ2v) is 5.04. The van der Waals surface area contributed by atoms with Crippen molar-refractivity contribution < 1.29 is 0 Å². The van der Waals surface area contributed by atoms with E-state index >= 15 is 0 Å². The van der Waals surface area contributed by atoms with Gasteiger partial charge in [0.2, 0.25) is 0 Å². The summed E-state index contributed by atoms with van der Waals surface area (Å²) in [5.74, 6) is 0.664. The lowest BCUT2D eigenvalue weighted by atomic mass is 10.3. The zero-order valence-electron chi connectivity index (χ0n) is 9.73. The average Bonchev–Trinajstić information content (AvgIpc) is 2.34. The van der Waals surface area contributed by atoms with Gasteiger partial charge in [-0.2, -0.15) is 0 Å². The van der Waals surface area contributed by atoms with E-state index in [0.29, 0.717) is 18.8 Å². The minimum absolute atomic E-state index is 0.156. The number of pyridine rings is 1. The van der Waals surface area contributed by atoms with Gasteiger partial charge in [0.25, 0.3) is 5.56 Å². The molecule has 18 heavy (non-hydrogen) atoms. The Balaban J connectivity index is 2.39. The second-order valence-electron chi connectivity index (χ2n) is 3.74. The maximum Gasteiger partial charge on any atom is 0.255 e. The number of halogens is 2. The highest BCUT2D eigenvalue weighted by molar-refractivity contribution is 9.10. The third kappa shape index (κ3) is 2.97. The highest BCUT2D eigenvalue weighted by atomic mass is 79.9. The van der Waals surface area contributed by atoms with Gasteiger partial charge in [-0.1, -0.05) is 18.5 Å². The van der Waals surface area contributed by atoms with Crippen LogP contribution >= 0.6 is 27.5 Å². The molecule has 0 unspecified atom stereocenters. The van der Waals surface area contributed by atoms with Crippen LogP contribution in [0.4, 0.5) is 0 Å². The van der Waals surface area contributed by atoms with E-state index < -0.39 is 0 Å². The lowest BCUT2D eigenvalue weighted by Gasteiger charge is -2.10. The van der Waals surface area contributed by atoms with Crippen molar-refractivity contribution in [2.45, 2.75) is 19.9 Å². The summed E-state index contributed by atoms with van der Waals surface area (Å²) in [6, 6.07) is 5.08. The Hall–Kier alpha value is -1.20. The van der Waals surface area contributed by atoms with Gasteiger partial charge in [0.1, 0.15) is 11.0 Å². The topological polar surface area (TPSA) is 47.8 Å². The first-order valence-corrected chi connectivity index (χ1v) is 6.64. The van der Waals surface area contributed by atoms with E-state index in [1.165, 1.54) is 6.07 Å². The fourth-order valence-electron chi connectivity index (χ4n) is 1.62. The molecule has 0 amide bonds. The Kier molecular flexibility index (Phi) is 4.14. The van der Waals surface area contributed by atoms with Gasteiger partial charge in [-0.25, -0.2) is 4.98 Å². The number of nitrogens with zero attached hydrogens (tertiary/aromatic N) is 3. The monoisotopic (exact) mass is 327 g/mol. The third-order valence-corrected chi connectivity index (χ3v) is 3.14. The molecule has 0 N–H and O–H groups in total. The fraction of sp³-hybridized carbons (Fsp3) is 0.250.